The van der Waals surface area contributed by atoms with E-state index < -0.39 is 0 Å². The second-order valence-corrected chi connectivity index (χ2v) is 9.87. The molecule has 0 unspecified atom stereocenters. The highest BCUT2D eigenvalue weighted by molar-refractivity contribution is 6.00. The topological polar surface area (TPSA) is 56.5 Å². The number of ketones is 1. The summed E-state index contributed by atoms with van der Waals surface area (Å²) < 4.78 is 11.2. The van der Waals surface area contributed by atoms with E-state index in [0.717, 1.165) is 31.2 Å². The largest absolute Gasteiger partial charge is 0.472 e. The van der Waals surface area contributed by atoms with Gasteiger partial charge in [0, 0.05) is 23.3 Å². The van der Waals surface area contributed by atoms with Crippen molar-refractivity contribution in [3.8, 4) is 0 Å². The number of esters is 1. The van der Waals surface area contributed by atoms with Crippen LogP contribution in [0.4, 0.5) is 0 Å². The highest BCUT2D eigenvalue weighted by Gasteiger charge is 2.64. The van der Waals surface area contributed by atoms with E-state index in [2.05, 4.69) is 27.7 Å². The summed E-state index contributed by atoms with van der Waals surface area (Å²) in [4.78, 5) is 25.0. The molecule has 2 saturated carbocycles. The lowest BCUT2D eigenvalue weighted by Gasteiger charge is -2.61. The molecule has 0 spiro atoms. The smallest absolute Gasteiger partial charge is 0.302 e. The lowest BCUT2D eigenvalue weighted by Crippen LogP contribution is -2.57. The molecular weight excluding hydrogens is 340 g/mol. The van der Waals surface area contributed by atoms with Crippen molar-refractivity contribution in [2.75, 3.05) is 0 Å². The fourth-order valence-corrected chi connectivity index (χ4v) is 6.77. The van der Waals surface area contributed by atoms with Gasteiger partial charge in [-0.15, -0.1) is 0 Å². The third kappa shape index (κ3) is 2.48. The van der Waals surface area contributed by atoms with Crippen LogP contribution in [0, 0.1) is 22.2 Å². The maximum Gasteiger partial charge on any atom is 0.302 e. The monoisotopic (exact) mass is 370 g/mol. The van der Waals surface area contributed by atoms with E-state index in [1.54, 1.807) is 12.5 Å². The molecule has 0 N–H and O–H groups in total. The molecule has 2 fully saturated rings. The summed E-state index contributed by atoms with van der Waals surface area (Å²) in [7, 11) is 0. The molecule has 4 nitrogen and oxygen atoms in total. The second-order valence-electron chi connectivity index (χ2n) is 9.87. The molecule has 4 rings (SSSR count). The number of allylic oxidation sites excluding steroid dienone is 1. The Morgan fingerprint density at radius 1 is 1.19 bits per heavy atom. The first-order valence-electron chi connectivity index (χ1n) is 10.1. The van der Waals surface area contributed by atoms with Crippen LogP contribution in [0.3, 0.4) is 0 Å². The summed E-state index contributed by atoms with van der Waals surface area (Å²) in [6.45, 7) is 10.6. The number of carbonyl (C=O) groups excluding carboxylic acids is 2. The van der Waals surface area contributed by atoms with Crippen LogP contribution in [0.5, 0.6) is 0 Å². The van der Waals surface area contributed by atoms with Gasteiger partial charge in [-0.2, -0.15) is 0 Å². The zero-order valence-corrected chi connectivity index (χ0v) is 17.0. The van der Waals surface area contributed by atoms with Crippen LogP contribution in [-0.4, -0.2) is 17.9 Å². The van der Waals surface area contributed by atoms with Gasteiger partial charge in [-0.3, -0.25) is 9.59 Å². The zero-order valence-electron chi connectivity index (χ0n) is 17.0. The molecule has 5 atom stereocenters. The molecule has 0 aliphatic heterocycles. The molecule has 1 aromatic rings. The molecule has 0 saturated heterocycles. The molecule has 146 valence electrons. The Labute approximate surface area is 161 Å². The van der Waals surface area contributed by atoms with Crippen LogP contribution >= 0.6 is 0 Å². The summed E-state index contributed by atoms with van der Waals surface area (Å²) in [6, 6.07) is 1.91. The van der Waals surface area contributed by atoms with Gasteiger partial charge in [-0.1, -0.05) is 27.7 Å². The van der Waals surface area contributed by atoms with Crippen LogP contribution in [0.2, 0.25) is 0 Å². The molecule has 1 heterocycles. The second kappa shape index (κ2) is 5.83. The average Bonchev–Trinajstić information content (AvgIpc) is 3.16. The first kappa shape index (κ1) is 18.5. The van der Waals surface area contributed by atoms with Gasteiger partial charge in [-0.05, 0) is 54.7 Å². The van der Waals surface area contributed by atoms with Gasteiger partial charge in [0.2, 0.25) is 0 Å². The van der Waals surface area contributed by atoms with E-state index in [0.29, 0.717) is 5.92 Å². The van der Waals surface area contributed by atoms with E-state index in [9.17, 15) is 9.59 Å². The number of rotatable bonds is 2. The van der Waals surface area contributed by atoms with Crippen molar-refractivity contribution in [3.05, 3.63) is 35.8 Å². The third-order valence-electron chi connectivity index (χ3n) is 7.93. The Hall–Kier alpha value is -1.84. The number of furan rings is 1. The fraction of sp³-hybridized carbons (Fsp3) is 0.652. The number of fused-ring (bicyclic) bond motifs is 3. The number of hydrogen-bond acceptors (Lipinski definition) is 4. The summed E-state index contributed by atoms with van der Waals surface area (Å²) >= 11 is 0. The molecule has 0 aromatic carbocycles. The number of ether oxygens (including phenoxy) is 1. The zero-order chi connectivity index (χ0) is 19.6. The summed E-state index contributed by atoms with van der Waals surface area (Å²) in [5, 5.41) is 0. The Morgan fingerprint density at radius 3 is 2.56 bits per heavy atom. The molecule has 4 heteroatoms. The van der Waals surface area contributed by atoms with Crippen molar-refractivity contribution >= 4 is 11.8 Å². The predicted octanol–water partition coefficient (Wildman–Crippen LogP) is 5.05. The molecule has 0 radical (unpaired) electrons. The minimum Gasteiger partial charge on any atom is -0.472 e. The third-order valence-corrected chi connectivity index (χ3v) is 7.93. The van der Waals surface area contributed by atoms with Crippen LogP contribution < -0.4 is 0 Å². The summed E-state index contributed by atoms with van der Waals surface area (Å²) in [5.74, 6) is 0.106. The maximum absolute atomic E-state index is 13.1. The average molecular weight is 370 g/mol. The Bertz CT molecular complexity index is 802. The predicted molar refractivity (Wildman–Crippen MR) is 102 cm³/mol. The fourth-order valence-electron chi connectivity index (χ4n) is 6.77. The van der Waals surface area contributed by atoms with Gasteiger partial charge in [0.25, 0.3) is 0 Å². The van der Waals surface area contributed by atoms with Gasteiger partial charge in [0.05, 0.1) is 18.4 Å². The van der Waals surface area contributed by atoms with E-state index >= 15 is 0 Å². The van der Waals surface area contributed by atoms with Crippen molar-refractivity contribution in [2.24, 2.45) is 22.2 Å². The molecule has 0 bridgehead atoms. The maximum atomic E-state index is 13.1. The van der Waals surface area contributed by atoms with Crippen LogP contribution in [0.25, 0.3) is 0 Å². The molecule has 0 amide bonds. The van der Waals surface area contributed by atoms with E-state index in [4.69, 9.17) is 9.15 Å². The van der Waals surface area contributed by atoms with Crippen molar-refractivity contribution < 1.29 is 18.7 Å². The van der Waals surface area contributed by atoms with Gasteiger partial charge in [-0.25, -0.2) is 0 Å². The summed E-state index contributed by atoms with van der Waals surface area (Å²) in [6.07, 6.45) is 8.94. The SMILES string of the molecule is CC(=O)O[C@H]1CCC(C)(C)[C@H]2CC[C@]3(C)C(=CC(=O)[C@H]3c3ccoc3)[C@]12C. The van der Waals surface area contributed by atoms with Crippen LogP contribution in [0.15, 0.2) is 34.7 Å². The Kier molecular flexibility index (Phi) is 4.00. The van der Waals surface area contributed by atoms with Crippen molar-refractivity contribution in [2.45, 2.75) is 72.3 Å². The molecular formula is C23H30O4. The Balaban J connectivity index is 1.83. The van der Waals surface area contributed by atoms with Gasteiger partial charge in [0.1, 0.15) is 6.10 Å². The van der Waals surface area contributed by atoms with E-state index in [1.807, 2.05) is 12.1 Å². The molecule has 3 aliphatic rings. The normalized spacial score (nSPS) is 40.1. The lowest BCUT2D eigenvalue weighted by molar-refractivity contribution is -0.170. The van der Waals surface area contributed by atoms with Crippen molar-refractivity contribution in [3.63, 3.8) is 0 Å². The van der Waals surface area contributed by atoms with E-state index in [-0.39, 0.29) is 40.0 Å². The number of carbonyl (C=O) groups is 2. The Morgan fingerprint density at radius 2 is 1.93 bits per heavy atom. The molecule has 1 aromatic heterocycles. The van der Waals surface area contributed by atoms with Crippen molar-refractivity contribution in [1.29, 1.82) is 0 Å². The van der Waals surface area contributed by atoms with Gasteiger partial charge in [0.15, 0.2) is 5.78 Å². The van der Waals surface area contributed by atoms with Gasteiger partial charge >= 0.3 is 5.97 Å². The first-order valence-corrected chi connectivity index (χ1v) is 10.1. The lowest BCUT2D eigenvalue weighted by atomic mass is 9.44. The highest BCUT2D eigenvalue weighted by atomic mass is 16.5. The standard InChI is InChI=1S/C23H30O4/c1-14(24)27-19-7-9-21(2,3)17-6-10-22(4)18(23(17,19)5)12-16(25)20(22)15-8-11-26-13-15/h8,11-13,17,19-20H,6-7,9-10H2,1-5H3/t17-,19+,20-,22-,23-/m1/s1. The quantitative estimate of drug-likeness (QED) is 0.684. The molecule has 27 heavy (non-hydrogen) atoms. The number of hydrogen-bond donors (Lipinski definition) is 0. The van der Waals surface area contributed by atoms with Crippen LogP contribution in [-0.2, 0) is 14.3 Å². The highest BCUT2D eigenvalue weighted by Crippen LogP contribution is 2.69. The van der Waals surface area contributed by atoms with Crippen LogP contribution in [0.1, 0.15) is 71.8 Å². The summed E-state index contributed by atoms with van der Waals surface area (Å²) in [5.41, 5.74) is 1.73. The van der Waals surface area contributed by atoms with Crippen molar-refractivity contribution in [1.82, 2.24) is 0 Å². The molecule has 3 aliphatic carbocycles. The van der Waals surface area contributed by atoms with Gasteiger partial charge < -0.3 is 9.15 Å². The first-order chi connectivity index (χ1) is 12.6. The minimum absolute atomic E-state index is 0.153. The van der Waals surface area contributed by atoms with E-state index in [1.165, 1.54) is 12.5 Å². The minimum atomic E-state index is -0.311.